The lowest BCUT2D eigenvalue weighted by Gasteiger charge is -2.34. The topological polar surface area (TPSA) is 97.0 Å². The molecule has 0 fully saturated rings. The molecule has 0 aliphatic rings. The number of hydrogen-bond donors (Lipinski definition) is 2. The fourth-order valence-corrected chi connectivity index (χ4v) is 4.02. The highest BCUT2D eigenvalue weighted by Crippen LogP contribution is 2.27. The number of hydrogen-bond acceptors (Lipinski definition) is 5. The Kier molecular flexibility index (Phi) is 10.5. The van der Waals surface area contributed by atoms with Gasteiger partial charge in [-0.3, -0.25) is 9.59 Å². The standard InChI is InChI=1S/C29H41N3O5/c1-9-10-15-32(27(34)21(4)30-28(35)37-29(5,6)7)25(22-17-19(2)16-20(3)18-22)26(33)31-23-11-13-24(36-8)14-12-23/h11-14,16-18,21,25H,9-10,15H2,1-8H3,(H,30,35)(H,31,33). The molecule has 8 heteroatoms. The summed E-state index contributed by atoms with van der Waals surface area (Å²) < 4.78 is 10.5. The largest absolute Gasteiger partial charge is 0.497 e. The zero-order valence-corrected chi connectivity index (χ0v) is 23.3. The van der Waals surface area contributed by atoms with E-state index >= 15 is 0 Å². The molecule has 0 aromatic heterocycles. The maximum atomic E-state index is 13.8. The number of amides is 3. The molecular formula is C29H41N3O5. The van der Waals surface area contributed by atoms with Gasteiger partial charge in [-0.15, -0.1) is 0 Å². The van der Waals surface area contributed by atoms with Crippen LogP contribution in [0.2, 0.25) is 0 Å². The van der Waals surface area contributed by atoms with Gasteiger partial charge in [-0.1, -0.05) is 42.7 Å². The summed E-state index contributed by atoms with van der Waals surface area (Å²) in [4.78, 5) is 41.4. The maximum Gasteiger partial charge on any atom is 0.408 e. The molecule has 3 amide bonds. The predicted octanol–water partition coefficient (Wildman–Crippen LogP) is 5.53. The lowest BCUT2D eigenvalue weighted by atomic mass is 9.98. The maximum absolute atomic E-state index is 13.8. The van der Waals surface area contributed by atoms with Crippen LogP contribution in [0, 0.1) is 13.8 Å². The van der Waals surface area contributed by atoms with Crippen molar-refractivity contribution in [1.82, 2.24) is 10.2 Å². The van der Waals surface area contributed by atoms with E-state index in [1.54, 1.807) is 64.0 Å². The molecule has 202 valence electrons. The number of alkyl carbamates (subject to hydrolysis) is 1. The molecule has 37 heavy (non-hydrogen) atoms. The van der Waals surface area contributed by atoms with Gasteiger partial charge < -0.3 is 25.0 Å². The van der Waals surface area contributed by atoms with E-state index in [0.29, 0.717) is 30.0 Å². The second-order valence-electron chi connectivity index (χ2n) is 10.3. The van der Waals surface area contributed by atoms with Crippen LogP contribution in [0.1, 0.15) is 70.2 Å². The number of rotatable bonds is 10. The van der Waals surface area contributed by atoms with Crippen LogP contribution in [-0.2, 0) is 14.3 Å². The van der Waals surface area contributed by atoms with Gasteiger partial charge in [0.15, 0.2) is 0 Å². The van der Waals surface area contributed by atoms with E-state index in [2.05, 4.69) is 10.6 Å². The first-order valence-corrected chi connectivity index (χ1v) is 12.7. The minimum atomic E-state index is -0.900. The van der Waals surface area contributed by atoms with Crippen molar-refractivity contribution < 1.29 is 23.9 Å². The highest BCUT2D eigenvalue weighted by molar-refractivity contribution is 5.99. The summed E-state index contributed by atoms with van der Waals surface area (Å²) in [5.41, 5.74) is 2.56. The third kappa shape index (κ3) is 9.12. The summed E-state index contributed by atoms with van der Waals surface area (Å²) >= 11 is 0. The SMILES string of the molecule is CCCCN(C(=O)C(C)NC(=O)OC(C)(C)C)C(C(=O)Nc1ccc(OC)cc1)c1cc(C)cc(C)c1. The zero-order valence-electron chi connectivity index (χ0n) is 23.3. The number of anilines is 1. The quantitative estimate of drug-likeness (QED) is 0.437. The average molecular weight is 512 g/mol. The van der Waals surface area contributed by atoms with Crippen LogP contribution in [0.3, 0.4) is 0 Å². The monoisotopic (exact) mass is 511 g/mol. The Hall–Kier alpha value is -3.55. The van der Waals surface area contributed by atoms with Gasteiger partial charge in [0.25, 0.3) is 5.91 Å². The third-order valence-corrected chi connectivity index (χ3v) is 5.62. The summed E-state index contributed by atoms with van der Waals surface area (Å²) in [5.74, 6) is -0.0388. The molecule has 0 spiro atoms. The molecule has 0 heterocycles. The van der Waals surface area contributed by atoms with Crippen molar-refractivity contribution in [3.63, 3.8) is 0 Å². The zero-order chi connectivity index (χ0) is 27.8. The van der Waals surface area contributed by atoms with Crippen LogP contribution in [0.25, 0.3) is 0 Å². The van der Waals surface area contributed by atoms with Gasteiger partial charge in [0.1, 0.15) is 23.4 Å². The number of nitrogens with zero attached hydrogens (tertiary/aromatic N) is 1. The van der Waals surface area contributed by atoms with Crippen LogP contribution in [0.15, 0.2) is 42.5 Å². The van der Waals surface area contributed by atoms with Crippen molar-refractivity contribution in [3.05, 3.63) is 59.2 Å². The van der Waals surface area contributed by atoms with Crippen molar-refractivity contribution in [3.8, 4) is 5.75 Å². The van der Waals surface area contributed by atoms with Crippen molar-refractivity contribution >= 4 is 23.6 Å². The van der Waals surface area contributed by atoms with Crippen LogP contribution < -0.4 is 15.4 Å². The van der Waals surface area contributed by atoms with Crippen molar-refractivity contribution in [2.45, 2.75) is 79.0 Å². The Morgan fingerprint density at radius 3 is 2.11 bits per heavy atom. The van der Waals surface area contributed by atoms with Gasteiger partial charge in [0, 0.05) is 12.2 Å². The van der Waals surface area contributed by atoms with Gasteiger partial charge in [-0.2, -0.15) is 0 Å². The molecule has 2 N–H and O–H groups in total. The van der Waals surface area contributed by atoms with Crippen LogP contribution in [0.5, 0.6) is 5.75 Å². The fraction of sp³-hybridized carbons (Fsp3) is 0.483. The molecular weight excluding hydrogens is 470 g/mol. The van der Waals surface area contributed by atoms with E-state index in [1.165, 1.54) is 0 Å². The normalized spacial score (nSPS) is 12.8. The fourth-order valence-electron chi connectivity index (χ4n) is 4.02. The molecule has 2 aromatic rings. The van der Waals surface area contributed by atoms with Crippen LogP contribution >= 0.6 is 0 Å². The van der Waals surface area contributed by atoms with Gasteiger partial charge >= 0.3 is 6.09 Å². The summed E-state index contributed by atoms with van der Waals surface area (Å²) in [6, 6.07) is 11.1. The third-order valence-electron chi connectivity index (χ3n) is 5.62. The number of carbonyl (C=O) groups is 3. The molecule has 8 nitrogen and oxygen atoms in total. The lowest BCUT2D eigenvalue weighted by molar-refractivity contribution is -0.140. The highest BCUT2D eigenvalue weighted by atomic mass is 16.6. The summed E-state index contributed by atoms with van der Waals surface area (Å²) in [6.07, 6.45) is 0.841. The molecule has 0 saturated heterocycles. The number of benzene rings is 2. The van der Waals surface area contributed by atoms with Gasteiger partial charge in [-0.25, -0.2) is 4.79 Å². The van der Waals surface area contributed by atoms with Gasteiger partial charge in [-0.05, 0) is 77.8 Å². The molecule has 2 atom stereocenters. The summed E-state index contributed by atoms with van der Waals surface area (Å²) in [7, 11) is 1.58. The molecule has 0 bridgehead atoms. The molecule has 0 aliphatic heterocycles. The van der Waals surface area contributed by atoms with Gasteiger partial charge in [0.05, 0.1) is 7.11 Å². The second kappa shape index (κ2) is 13.1. The first-order chi connectivity index (χ1) is 17.3. The van der Waals surface area contributed by atoms with E-state index in [0.717, 1.165) is 17.5 Å². The number of nitrogens with one attached hydrogen (secondary N) is 2. The number of ether oxygens (including phenoxy) is 2. The lowest BCUT2D eigenvalue weighted by Crippen LogP contribution is -2.51. The van der Waals surface area contributed by atoms with E-state index in [1.807, 2.05) is 39.0 Å². The number of carbonyl (C=O) groups excluding carboxylic acids is 3. The van der Waals surface area contributed by atoms with E-state index in [-0.39, 0.29) is 11.8 Å². The highest BCUT2D eigenvalue weighted by Gasteiger charge is 2.34. The Balaban J connectivity index is 2.45. The Labute approximate surface area is 220 Å². The van der Waals surface area contributed by atoms with Crippen LogP contribution in [0.4, 0.5) is 10.5 Å². The molecule has 2 aromatic carbocycles. The summed E-state index contributed by atoms with van der Waals surface area (Å²) in [6.45, 7) is 13.2. The Morgan fingerprint density at radius 2 is 1.59 bits per heavy atom. The minimum Gasteiger partial charge on any atom is -0.497 e. The summed E-state index contributed by atoms with van der Waals surface area (Å²) in [5, 5.41) is 5.58. The minimum absolute atomic E-state index is 0.343. The predicted molar refractivity (Wildman–Crippen MR) is 146 cm³/mol. The first kappa shape index (κ1) is 29.7. The Bertz CT molecular complexity index is 1060. The van der Waals surface area contributed by atoms with Crippen molar-refractivity contribution in [2.75, 3.05) is 19.0 Å². The Morgan fingerprint density at radius 1 is 1.00 bits per heavy atom. The van der Waals surface area contributed by atoms with Crippen molar-refractivity contribution in [1.29, 1.82) is 0 Å². The number of unbranched alkanes of at least 4 members (excludes halogenated alkanes) is 1. The second-order valence-corrected chi connectivity index (χ2v) is 10.3. The molecule has 0 aliphatic carbocycles. The van der Waals surface area contributed by atoms with Gasteiger partial charge in [0.2, 0.25) is 5.91 Å². The van der Waals surface area contributed by atoms with Crippen LogP contribution in [-0.4, -0.2) is 48.1 Å². The van der Waals surface area contributed by atoms with E-state index in [4.69, 9.17) is 9.47 Å². The van der Waals surface area contributed by atoms with E-state index in [9.17, 15) is 14.4 Å². The van der Waals surface area contributed by atoms with Crippen molar-refractivity contribution in [2.24, 2.45) is 0 Å². The molecule has 0 saturated carbocycles. The van der Waals surface area contributed by atoms with E-state index < -0.39 is 23.8 Å². The number of aryl methyl sites for hydroxylation is 2. The number of methoxy groups -OCH3 is 1. The molecule has 2 rings (SSSR count). The first-order valence-electron chi connectivity index (χ1n) is 12.7. The average Bonchev–Trinajstić information content (AvgIpc) is 2.79. The molecule has 2 unspecified atom stereocenters. The molecule has 0 radical (unpaired) electrons. The smallest absolute Gasteiger partial charge is 0.408 e.